The number of hydrogen-bond acceptors (Lipinski definition) is 2. The Kier molecular flexibility index (Phi) is 5.90. The SMILES string of the molecule is CCCC(C)(C)CC(C)(C)CS(=O)(=O)NC(F)(F)F. The molecule has 0 aromatic carbocycles. The smallest absolute Gasteiger partial charge is 0.212 e. The molecule has 0 aromatic rings. The number of nitrogens with one attached hydrogen (secondary N) is 1. The van der Waals surface area contributed by atoms with Crippen molar-refractivity contribution >= 4 is 10.0 Å². The third-order valence-electron chi connectivity index (χ3n) is 2.74. The van der Waals surface area contributed by atoms with Gasteiger partial charge < -0.3 is 0 Å². The normalized spacial score (nSPS) is 14.7. The van der Waals surface area contributed by atoms with E-state index in [1.165, 1.54) is 0 Å². The van der Waals surface area contributed by atoms with Gasteiger partial charge in [0.25, 0.3) is 0 Å². The minimum atomic E-state index is -4.91. The molecule has 0 bridgehead atoms. The molecule has 0 aliphatic carbocycles. The Morgan fingerprint density at radius 1 is 1.00 bits per heavy atom. The summed E-state index contributed by atoms with van der Waals surface area (Å²) in [5, 5.41) is 0. The molecule has 0 atom stereocenters. The van der Waals surface area contributed by atoms with Crippen molar-refractivity contribution in [3.63, 3.8) is 0 Å². The van der Waals surface area contributed by atoms with Crippen LogP contribution in [0.15, 0.2) is 0 Å². The topological polar surface area (TPSA) is 46.2 Å². The van der Waals surface area contributed by atoms with Crippen LogP contribution in [0.2, 0.25) is 0 Å². The molecule has 0 unspecified atom stereocenters. The number of rotatable bonds is 7. The highest BCUT2D eigenvalue weighted by Crippen LogP contribution is 2.37. The molecule has 7 heteroatoms. The molecule has 3 nitrogen and oxygen atoms in total. The Morgan fingerprint density at radius 2 is 1.47 bits per heavy atom. The number of hydrogen-bond donors (Lipinski definition) is 1. The predicted octanol–water partition coefficient (Wildman–Crippen LogP) is 3.67. The third kappa shape index (κ3) is 9.27. The lowest BCUT2D eigenvalue weighted by Crippen LogP contribution is -2.42. The van der Waals surface area contributed by atoms with E-state index in [2.05, 4.69) is 0 Å². The van der Waals surface area contributed by atoms with Gasteiger partial charge in [-0.15, -0.1) is 4.72 Å². The van der Waals surface area contributed by atoms with Crippen LogP contribution in [0, 0.1) is 10.8 Å². The quantitative estimate of drug-likeness (QED) is 0.729. The molecule has 0 spiro atoms. The van der Waals surface area contributed by atoms with Gasteiger partial charge in [0.05, 0.1) is 5.75 Å². The van der Waals surface area contributed by atoms with Gasteiger partial charge in [-0.25, -0.2) is 8.42 Å². The zero-order valence-electron chi connectivity index (χ0n) is 12.2. The van der Waals surface area contributed by atoms with E-state index >= 15 is 0 Å². The van der Waals surface area contributed by atoms with Gasteiger partial charge >= 0.3 is 6.30 Å². The molecule has 0 aliphatic heterocycles. The summed E-state index contributed by atoms with van der Waals surface area (Å²) in [5.41, 5.74) is -0.804. The van der Waals surface area contributed by atoms with Crippen LogP contribution in [0.25, 0.3) is 0 Å². The largest absolute Gasteiger partial charge is 0.470 e. The van der Waals surface area contributed by atoms with Crippen molar-refractivity contribution in [2.24, 2.45) is 10.8 Å². The van der Waals surface area contributed by atoms with Gasteiger partial charge in [-0.1, -0.05) is 41.0 Å². The molecule has 19 heavy (non-hydrogen) atoms. The second-order valence-electron chi connectivity index (χ2n) is 6.61. The Hall–Kier alpha value is -0.300. The molecule has 0 saturated heterocycles. The van der Waals surface area contributed by atoms with Crippen molar-refractivity contribution in [1.29, 1.82) is 0 Å². The monoisotopic (exact) mass is 303 g/mol. The molecule has 0 aliphatic rings. The molecule has 1 N–H and O–H groups in total. The Labute approximate surface area is 114 Å². The van der Waals surface area contributed by atoms with Crippen LogP contribution < -0.4 is 4.72 Å². The van der Waals surface area contributed by atoms with Gasteiger partial charge in [0.15, 0.2) is 0 Å². The van der Waals surface area contributed by atoms with E-state index in [0.29, 0.717) is 6.42 Å². The van der Waals surface area contributed by atoms with Gasteiger partial charge in [-0.3, -0.25) is 0 Å². The van der Waals surface area contributed by atoms with Crippen molar-refractivity contribution in [1.82, 2.24) is 4.72 Å². The summed E-state index contributed by atoms with van der Waals surface area (Å²) < 4.78 is 60.0. The van der Waals surface area contributed by atoms with Gasteiger partial charge in [-0.05, 0) is 23.7 Å². The predicted molar refractivity (Wildman–Crippen MR) is 70.1 cm³/mol. The number of halogens is 3. The van der Waals surface area contributed by atoms with Crippen LogP contribution in [0.4, 0.5) is 13.2 Å². The lowest BCUT2D eigenvalue weighted by Gasteiger charge is -2.34. The van der Waals surface area contributed by atoms with Crippen LogP contribution >= 0.6 is 0 Å². The molecule has 0 radical (unpaired) electrons. The molecule has 0 amide bonds. The summed E-state index contributed by atoms with van der Waals surface area (Å²) in [6, 6.07) is 0. The number of alkyl halides is 3. The zero-order chi connectivity index (χ0) is 15.5. The van der Waals surface area contributed by atoms with E-state index in [1.807, 2.05) is 20.8 Å². The molecule has 0 fully saturated rings. The average molecular weight is 303 g/mol. The minimum absolute atomic E-state index is 0.0913. The fourth-order valence-corrected chi connectivity index (χ4v) is 4.39. The zero-order valence-corrected chi connectivity index (χ0v) is 13.0. The lowest BCUT2D eigenvalue weighted by molar-refractivity contribution is -0.138. The van der Waals surface area contributed by atoms with Crippen molar-refractivity contribution in [3.05, 3.63) is 0 Å². The Bertz CT molecular complexity index is 386. The Morgan fingerprint density at radius 3 is 1.84 bits per heavy atom. The molecule has 0 heterocycles. The van der Waals surface area contributed by atoms with Gasteiger partial charge in [0.1, 0.15) is 0 Å². The first kappa shape index (κ1) is 18.7. The van der Waals surface area contributed by atoms with Crippen LogP contribution in [0.1, 0.15) is 53.9 Å². The third-order valence-corrected chi connectivity index (χ3v) is 4.44. The second-order valence-corrected chi connectivity index (χ2v) is 8.34. The maximum Gasteiger partial charge on any atom is 0.470 e. The summed E-state index contributed by atoms with van der Waals surface area (Å²) in [6.45, 7) is 9.39. The molecule has 116 valence electrons. The Balaban J connectivity index is 4.77. The fourth-order valence-electron chi connectivity index (χ4n) is 2.84. The highest BCUT2D eigenvalue weighted by molar-refractivity contribution is 7.89. The number of sulfonamides is 1. The fraction of sp³-hybridized carbons (Fsp3) is 1.00. The van der Waals surface area contributed by atoms with Crippen molar-refractivity contribution in [2.75, 3.05) is 5.75 Å². The van der Waals surface area contributed by atoms with Crippen molar-refractivity contribution in [3.8, 4) is 0 Å². The highest BCUT2D eigenvalue weighted by Gasteiger charge is 2.38. The standard InChI is InChI=1S/C12H24F3NO2S/c1-6-7-10(2,3)8-11(4,5)9-19(17,18)16-12(13,14)15/h16H,6-9H2,1-5H3. The average Bonchev–Trinajstić information content (AvgIpc) is 1.90. The molecular formula is C12H24F3NO2S. The summed E-state index contributed by atoms with van der Waals surface area (Å²) in [5.74, 6) is -0.535. The summed E-state index contributed by atoms with van der Waals surface area (Å²) in [4.78, 5) is 0. The summed E-state index contributed by atoms with van der Waals surface area (Å²) >= 11 is 0. The van der Waals surface area contributed by atoms with E-state index in [1.54, 1.807) is 13.8 Å². The first-order valence-corrected chi connectivity index (χ1v) is 7.92. The van der Waals surface area contributed by atoms with Crippen LogP contribution in [-0.2, 0) is 10.0 Å². The minimum Gasteiger partial charge on any atom is -0.212 e. The summed E-state index contributed by atoms with van der Waals surface area (Å²) in [7, 11) is -4.36. The van der Waals surface area contributed by atoms with E-state index in [-0.39, 0.29) is 5.41 Å². The molecule has 0 rings (SSSR count). The maximum atomic E-state index is 12.1. The van der Waals surface area contributed by atoms with Crippen LogP contribution in [0.5, 0.6) is 0 Å². The molecule has 0 saturated carbocycles. The van der Waals surface area contributed by atoms with Gasteiger partial charge in [0, 0.05) is 0 Å². The second kappa shape index (κ2) is 5.99. The molecule has 0 aromatic heterocycles. The van der Waals surface area contributed by atoms with E-state index in [0.717, 1.165) is 17.6 Å². The van der Waals surface area contributed by atoms with Crippen LogP contribution in [0.3, 0.4) is 0 Å². The van der Waals surface area contributed by atoms with E-state index in [4.69, 9.17) is 0 Å². The highest BCUT2D eigenvalue weighted by atomic mass is 32.2. The first-order chi connectivity index (χ1) is 8.18. The van der Waals surface area contributed by atoms with Gasteiger partial charge in [0.2, 0.25) is 10.0 Å². The van der Waals surface area contributed by atoms with E-state index < -0.39 is 27.5 Å². The van der Waals surface area contributed by atoms with Crippen molar-refractivity contribution in [2.45, 2.75) is 60.2 Å². The summed E-state index contributed by atoms with van der Waals surface area (Å²) in [6.07, 6.45) is -2.50. The first-order valence-electron chi connectivity index (χ1n) is 6.26. The van der Waals surface area contributed by atoms with Gasteiger partial charge in [-0.2, -0.15) is 13.2 Å². The maximum absolute atomic E-state index is 12.1. The van der Waals surface area contributed by atoms with Crippen molar-refractivity contribution < 1.29 is 21.6 Å². The van der Waals surface area contributed by atoms with Crippen LogP contribution in [-0.4, -0.2) is 20.5 Å². The van der Waals surface area contributed by atoms with E-state index in [9.17, 15) is 21.6 Å². The molecular weight excluding hydrogens is 279 g/mol. The lowest BCUT2D eigenvalue weighted by atomic mass is 9.74.